The maximum Gasteiger partial charge on any atom is 0.139 e. The van der Waals surface area contributed by atoms with Crippen LogP contribution in [0.25, 0.3) is 11.0 Å². The van der Waals surface area contributed by atoms with E-state index < -0.39 is 0 Å². The minimum atomic E-state index is -0.263. The number of alkyl halides is 1. The van der Waals surface area contributed by atoms with Crippen LogP contribution in [-0.4, -0.2) is 34.6 Å². The van der Waals surface area contributed by atoms with Gasteiger partial charge in [-0.05, 0) is 42.0 Å². The van der Waals surface area contributed by atoms with E-state index in [2.05, 4.69) is 37.4 Å². The summed E-state index contributed by atoms with van der Waals surface area (Å²) in [4.78, 5) is 6.79. The molecule has 0 radical (unpaired) electrons. The Morgan fingerprint density at radius 2 is 2.32 bits per heavy atom. The van der Waals surface area contributed by atoms with Gasteiger partial charge in [-0.3, -0.25) is 0 Å². The maximum atomic E-state index is 13.8. The second-order valence-electron chi connectivity index (χ2n) is 4.99. The number of imidazole rings is 1. The standard InChI is InChI=1S/C13H14BrClFN3/c1-18-3-2-8(7-18)19-12-5-10(16)9(14)4-11(12)17-13(19)6-15/h4-5,8H,2-3,6-7H2,1H3. The summed E-state index contributed by atoms with van der Waals surface area (Å²) in [6, 6.07) is 3.58. The number of hydrogen-bond acceptors (Lipinski definition) is 2. The minimum Gasteiger partial charge on any atom is -0.322 e. The lowest BCUT2D eigenvalue weighted by atomic mass is 10.2. The Morgan fingerprint density at radius 3 is 2.95 bits per heavy atom. The van der Waals surface area contributed by atoms with Crippen LogP contribution in [0, 0.1) is 5.82 Å². The Morgan fingerprint density at radius 1 is 1.53 bits per heavy atom. The van der Waals surface area contributed by atoms with Crippen LogP contribution in [0.4, 0.5) is 4.39 Å². The van der Waals surface area contributed by atoms with Crippen molar-refractivity contribution >= 4 is 38.6 Å². The monoisotopic (exact) mass is 345 g/mol. The number of halogens is 3. The Hall–Kier alpha value is -0.650. The van der Waals surface area contributed by atoms with Crippen molar-refractivity contribution in [2.75, 3.05) is 20.1 Å². The van der Waals surface area contributed by atoms with Gasteiger partial charge in [0.25, 0.3) is 0 Å². The van der Waals surface area contributed by atoms with Crippen LogP contribution in [-0.2, 0) is 5.88 Å². The molecule has 0 saturated carbocycles. The Balaban J connectivity index is 2.18. The molecule has 1 atom stereocenters. The van der Waals surface area contributed by atoms with Crippen molar-refractivity contribution in [2.24, 2.45) is 0 Å². The molecule has 1 saturated heterocycles. The molecule has 1 aromatic heterocycles. The number of rotatable bonds is 2. The Bertz CT molecular complexity index is 628. The predicted octanol–water partition coefficient (Wildman–Crippen LogP) is 3.55. The highest BCUT2D eigenvalue weighted by molar-refractivity contribution is 9.10. The van der Waals surface area contributed by atoms with Crippen LogP contribution < -0.4 is 0 Å². The molecule has 2 heterocycles. The number of nitrogens with zero attached hydrogens (tertiary/aromatic N) is 3. The van der Waals surface area contributed by atoms with Gasteiger partial charge in [0.2, 0.25) is 0 Å². The normalized spacial score (nSPS) is 20.5. The van der Waals surface area contributed by atoms with E-state index in [-0.39, 0.29) is 5.82 Å². The lowest BCUT2D eigenvalue weighted by Crippen LogP contribution is -2.17. The highest BCUT2D eigenvalue weighted by atomic mass is 79.9. The molecule has 6 heteroatoms. The van der Waals surface area contributed by atoms with E-state index >= 15 is 0 Å². The minimum absolute atomic E-state index is 0.263. The molecule has 0 amide bonds. The van der Waals surface area contributed by atoms with Crippen molar-refractivity contribution in [3.8, 4) is 0 Å². The molecular formula is C13H14BrClFN3. The Labute approximate surface area is 124 Å². The third-order valence-electron chi connectivity index (χ3n) is 3.66. The highest BCUT2D eigenvalue weighted by Crippen LogP contribution is 2.30. The topological polar surface area (TPSA) is 21.1 Å². The molecule has 3 nitrogen and oxygen atoms in total. The third kappa shape index (κ3) is 2.28. The maximum absolute atomic E-state index is 13.8. The van der Waals surface area contributed by atoms with Gasteiger partial charge in [0, 0.05) is 18.7 Å². The zero-order valence-electron chi connectivity index (χ0n) is 10.5. The first-order valence-corrected chi connectivity index (χ1v) is 7.53. The van der Waals surface area contributed by atoms with Crippen LogP contribution in [0.15, 0.2) is 16.6 Å². The van der Waals surface area contributed by atoms with E-state index in [9.17, 15) is 4.39 Å². The molecule has 0 spiro atoms. The summed E-state index contributed by atoms with van der Waals surface area (Å²) in [6.07, 6.45) is 1.05. The van der Waals surface area contributed by atoms with Crippen LogP contribution in [0.3, 0.4) is 0 Å². The summed E-state index contributed by atoms with van der Waals surface area (Å²) < 4.78 is 16.3. The van der Waals surface area contributed by atoms with Gasteiger partial charge < -0.3 is 9.47 Å². The smallest absolute Gasteiger partial charge is 0.139 e. The largest absolute Gasteiger partial charge is 0.322 e. The van der Waals surface area contributed by atoms with Gasteiger partial charge in [-0.2, -0.15) is 0 Å². The van der Waals surface area contributed by atoms with E-state index in [4.69, 9.17) is 11.6 Å². The van der Waals surface area contributed by atoms with Gasteiger partial charge in [-0.25, -0.2) is 9.37 Å². The van der Waals surface area contributed by atoms with E-state index in [1.165, 1.54) is 0 Å². The van der Waals surface area contributed by atoms with Crippen molar-refractivity contribution in [3.63, 3.8) is 0 Å². The first kappa shape index (κ1) is 13.3. The van der Waals surface area contributed by atoms with Crippen molar-refractivity contribution < 1.29 is 4.39 Å². The van der Waals surface area contributed by atoms with E-state index in [1.54, 1.807) is 12.1 Å². The van der Waals surface area contributed by atoms with Crippen LogP contribution >= 0.6 is 27.5 Å². The average molecular weight is 347 g/mol. The van der Waals surface area contributed by atoms with Gasteiger partial charge in [0.15, 0.2) is 0 Å². The Kier molecular flexibility index (Phi) is 3.53. The fourth-order valence-corrected chi connectivity index (χ4v) is 3.28. The number of aromatic nitrogens is 2. The molecule has 1 aliphatic heterocycles. The van der Waals surface area contributed by atoms with Crippen LogP contribution in [0.2, 0.25) is 0 Å². The molecular weight excluding hydrogens is 333 g/mol. The van der Waals surface area contributed by atoms with Gasteiger partial charge in [0.1, 0.15) is 11.6 Å². The summed E-state index contributed by atoms with van der Waals surface area (Å²) in [5.74, 6) is 0.893. The quantitative estimate of drug-likeness (QED) is 0.775. The lowest BCUT2D eigenvalue weighted by molar-refractivity contribution is 0.393. The first-order valence-electron chi connectivity index (χ1n) is 6.20. The number of hydrogen-bond donors (Lipinski definition) is 0. The highest BCUT2D eigenvalue weighted by Gasteiger charge is 2.25. The number of likely N-dealkylation sites (tertiary alicyclic amines) is 1. The van der Waals surface area contributed by atoms with Crippen molar-refractivity contribution in [1.29, 1.82) is 0 Å². The fourth-order valence-electron chi connectivity index (χ4n) is 2.76. The summed E-state index contributed by atoms with van der Waals surface area (Å²) in [6.45, 7) is 2.00. The number of fused-ring (bicyclic) bond motifs is 1. The molecule has 0 aliphatic carbocycles. The molecule has 0 N–H and O–H groups in total. The summed E-state index contributed by atoms with van der Waals surface area (Å²) in [7, 11) is 2.09. The number of likely N-dealkylation sites (N-methyl/N-ethyl adjacent to an activating group) is 1. The van der Waals surface area contributed by atoms with Gasteiger partial charge in [-0.1, -0.05) is 0 Å². The van der Waals surface area contributed by atoms with Crippen molar-refractivity contribution in [3.05, 3.63) is 28.2 Å². The van der Waals surface area contributed by atoms with E-state index in [0.717, 1.165) is 36.4 Å². The summed E-state index contributed by atoms with van der Waals surface area (Å²) in [5.41, 5.74) is 1.62. The van der Waals surface area contributed by atoms with Gasteiger partial charge >= 0.3 is 0 Å². The van der Waals surface area contributed by atoms with E-state index in [1.807, 2.05) is 0 Å². The molecule has 1 aromatic carbocycles. The second kappa shape index (κ2) is 5.04. The zero-order valence-corrected chi connectivity index (χ0v) is 12.9. The molecule has 1 fully saturated rings. The van der Waals surface area contributed by atoms with E-state index in [0.29, 0.717) is 16.4 Å². The van der Waals surface area contributed by atoms with Crippen LogP contribution in [0.1, 0.15) is 18.3 Å². The molecule has 19 heavy (non-hydrogen) atoms. The van der Waals surface area contributed by atoms with Crippen LogP contribution in [0.5, 0.6) is 0 Å². The summed E-state index contributed by atoms with van der Waals surface area (Å²) >= 11 is 9.20. The molecule has 3 rings (SSSR count). The second-order valence-corrected chi connectivity index (χ2v) is 6.11. The SMILES string of the molecule is CN1CCC(n2c(CCl)nc3cc(Br)c(F)cc32)C1. The van der Waals surface area contributed by atoms with Crippen molar-refractivity contribution in [1.82, 2.24) is 14.5 Å². The van der Waals surface area contributed by atoms with Gasteiger partial charge in [0.05, 0.1) is 21.4 Å². The number of benzene rings is 1. The average Bonchev–Trinajstić information content (AvgIpc) is 2.93. The fraction of sp³-hybridized carbons (Fsp3) is 0.462. The summed E-state index contributed by atoms with van der Waals surface area (Å²) in [5, 5.41) is 0. The first-order chi connectivity index (χ1) is 9.10. The molecule has 0 bridgehead atoms. The molecule has 1 aliphatic rings. The van der Waals surface area contributed by atoms with Crippen molar-refractivity contribution in [2.45, 2.75) is 18.3 Å². The van der Waals surface area contributed by atoms with Gasteiger partial charge in [-0.15, -0.1) is 11.6 Å². The molecule has 102 valence electrons. The molecule has 2 aromatic rings. The molecule has 1 unspecified atom stereocenters. The predicted molar refractivity (Wildman–Crippen MR) is 78.1 cm³/mol. The third-order valence-corrected chi connectivity index (χ3v) is 4.50. The zero-order chi connectivity index (χ0) is 13.6. The lowest BCUT2D eigenvalue weighted by Gasteiger charge is -2.16.